The van der Waals surface area contributed by atoms with E-state index in [1.165, 1.54) is 27.1 Å². The van der Waals surface area contributed by atoms with Gasteiger partial charge in [0.2, 0.25) is 15.9 Å². The van der Waals surface area contributed by atoms with Crippen molar-refractivity contribution in [3.8, 4) is 0 Å². The summed E-state index contributed by atoms with van der Waals surface area (Å²) in [6.45, 7) is 2.79. The maximum atomic E-state index is 13.1. The predicted octanol–water partition coefficient (Wildman–Crippen LogP) is 2.36. The Morgan fingerprint density at radius 2 is 1.87 bits per heavy atom. The summed E-state index contributed by atoms with van der Waals surface area (Å²) in [7, 11) is -3.62. The minimum atomic E-state index is -3.62. The Morgan fingerprint density at radius 3 is 2.65 bits per heavy atom. The first-order valence-corrected chi connectivity index (χ1v) is 11.8. The zero-order valence-corrected chi connectivity index (χ0v) is 18.0. The number of carbonyl (C=O) groups excluding carboxylic acids is 1. The summed E-state index contributed by atoms with van der Waals surface area (Å²) in [5.74, 6) is -0.893. The van der Waals surface area contributed by atoms with E-state index in [1.54, 1.807) is 4.90 Å². The number of sulfonamides is 1. The summed E-state index contributed by atoms with van der Waals surface area (Å²) < 4.78 is 33.6. The lowest BCUT2D eigenvalue weighted by Gasteiger charge is -2.22. The Morgan fingerprint density at radius 1 is 1.13 bits per heavy atom. The first-order chi connectivity index (χ1) is 14.9. The van der Waals surface area contributed by atoms with Crippen LogP contribution in [-0.2, 0) is 27.8 Å². The molecule has 2 aromatic carbocycles. The number of oxazole rings is 1. The SMILES string of the molecule is C[C@@H]1Cc2ccccc2N1C(=O)Cn1c(=O)oc2cc(S(=O)(=O)N3CCCC3)ccc21. The molecule has 1 fully saturated rings. The second kappa shape index (κ2) is 7.35. The van der Waals surface area contributed by atoms with Crippen molar-refractivity contribution in [2.45, 2.75) is 43.7 Å². The van der Waals surface area contributed by atoms with Gasteiger partial charge in [-0.1, -0.05) is 18.2 Å². The number of nitrogens with zero attached hydrogens (tertiary/aromatic N) is 3. The van der Waals surface area contributed by atoms with Crippen LogP contribution in [0, 0.1) is 0 Å². The minimum Gasteiger partial charge on any atom is -0.408 e. The highest BCUT2D eigenvalue weighted by Crippen LogP contribution is 2.32. The molecule has 1 atom stereocenters. The monoisotopic (exact) mass is 441 g/mol. The lowest BCUT2D eigenvalue weighted by atomic mass is 10.1. The summed E-state index contributed by atoms with van der Waals surface area (Å²) in [5.41, 5.74) is 2.52. The Labute approximate surface area is 179 Å². The number of fused-ring (bicyclic) bond motifs is 2. The molecule has 0 radical (unpaired) electrons. The fourth-order valence-electron chi connectivity index (χ4n) is 4.59. The van der Waals surface area contributed by atoms with Crippen LogP contribution in [0.2, 0.25) is 0 Å². The number of anilines is 1. The van der Waals surface area contributed by atoms with E-state index in [9.17, 15) is 18.0 Å². The molecular weight excluding hydrogens is 418 g/mol. The molecule has 1 saturated heterocycles. The summed E-state index contributed by atoms with van der Waals surface area (Å²) in [6, 6.07) is 12.1. The Balaban J connectivity index is 1.47. The van der Waals surface area contributed by atoms with Crippen molar-refractivity contribution in [3.05, 3.63) is 58.6 Å². The van der Waals surface area contributed by atoms with E-state index in [4.69, 9.17) is 4.42 Å². The van der Waals surface area contributed by atoms with Crippen molar-refractivity contribution in [1.29, 1.82) is 0 Å². The standard InChI is InChI=1S/C22H23N3O5S/c1-15-12-16-6-2-3-7-18(16)25(15)21(26)14-24-19-9-8-17(13-20(19)30-22(24)27)31(28,29)23-10-4-5-11-23/h2-3,6-9,13,15H,4-5,10-12,14H2,1H3/t15-/m1/s1. The van der Waals surface area contributed by atoms with E-state index in [1.807, 2.05) is 31.2 Å². The molecule has 0 N–H and O–H groups in total. The van der Waals surface area contributed by atoms with E-state index >= 15 is 0 Å². The molecule has 8 nitrogen and oxygen atoms in total. The summed E-state index contributed by atoms with van der Waals surface area (Å²) in [5, 5.41) is 0. The van der Waals surface area contributed by atoms with Crippen LogP contribution in [0.1, 0.15) is 25.3 Å². The molecule has 2 aliphatic heterocycles. The van der Waals surface area contributed by atoms with Crippen molar-refractivity contribution >= 4 is 32.7 Å². The lowest BCUT2D eigenvalue weighted by Crippen LogP contribution is -2.39. The summed E-state index contributed by atoms with van der Waals surface area (Å²) in [6.07, 6.45) is 2.45. The lowest BCUT2D eigenvalue weighted by molar-refractivity contribution is -0.119. The Hall–Kier alpha value is -2.91. The zero-order valence-electron chi connectivity index (χ0n) is 17.2. The van der Waals surface area contributed by atoms with Gasteiger partial charge in [-0.05, 0) is 49.9 Å². The van der Waals surface area contributed by atoms with Crippen molar-refractivity contribution in [2.75, 3.05) is 18.0 Å². The molecular formula is C22H23N3O5S. The van der Waals surface area contributed by atoms with E-state index in [0.717, 1.165) is 30.5 Å². The van der Waals surface area contributed by atoms with Crippen molar-refractivity contribution < 1.29 is 17.6 Å². The number of carbonyl (C=O) groups is 1. The minimum absolute atomic E-state index is 0.00373. The third kappa shape index (κ3) is 3.28. The van der Waals surface area contributed by atoms with Gasteiger partial charge in [-0.15, -0.1) is 0 Å². The topological polar surface area (TPSA) is 92.8 Å². The largest absolute Gasteiger partial charge is 0.420 e. The van der Waals surface area contributed by atoms with Crippen molar-refractivity contribution in [3.63, 3.8) is 0 Å². The Bertz CT molecular complexity index is 1330. The van der Waals surface area contributed by atoms with E-state index in [-0.39, 0.29) is 29.0 Å². The number of aromatic nitrogens is 1. The molecule has 5 rings (SSSR count). The maximum Gasteiger partial charge on any atom is 0.420 e. The molecule has 31 heavy (non-hydrogen) atoms. The second-order valence-corrected chi connectivity index (χ2v) is 10.1. The second-order valence-electron chi connectivity index (χ2n) is 8.14. The molecule has 3 aromatic rings. The number of para-hydroxylation sites is 1. The van der Waals surface area contributed by atoms with Gasteiger partial charge in [0, 0.05) is 30.9 Å². The molecule has 0 saturated carbocycles. The van der Waals surface area contributed by atoms with Gasteiger partial charge < -0.3 is 9.32 Å². The van der Waals surface area contributed by atoms with Gasteiger partial charge in [0.05, 0.1) is 10.4 Å². The molecule has 1 amide bonds. The van der Waals surface area contributed by atoms with Crippen LogP contribution in [0.25, 0.3) is 11.1 Å². The average molecular weight is 442 g/mol. The van der Waals surface area contributed by atoms with Crippen LogP contribution < -0.4 is 10.7 Å². The molecule has 0 spiro atoms. The van der Waals surface area contributed by atoms with Crippen molar-refractivity contribution in [1.82, 2.24) is 8.87 Å². The van der Waals surface area contributed by atoms with Crippen LogP contribution >= 0.6 is 0 Å². The van der Waals surface area contributed by atoms with Gasteiger partial charge in [-0.3, -0.25) is 9.36 Å². The molecule has 0 unspecified atom stereocenters. The van der Waals surface area contributed by atoms with Gasteiger partial charge in [0.25, 0.3) is 0 Å². The number of benzene rings is 2. The third-order valence-electron chi connectivity index (χ3n) is 6.11. The number of hydrogen-bond donors (Lipinski definition) is 0. The van der Waals surface area contributed by atoms with Crippen LogP contribution in [0.3, 0.4) is 0 Å². The van der Waals surface area contributed by atoms with Gasteiger partial charge >= 0.3 is 5.76 Å². The summed E-state index contributed by atoms with van der Waals surface area (Å²) in [4.78, 5) is 27.4. The van der Waals surface area contributed by atoms with Crippen LogP contribution in [0.5, 0.6) is 0 Å². The molecule has 3 heterocycles. The van der Waals surface area contributed by atoms with Crippen LogP contribution in [0.4, 0.5) is 5.69 Å². The molecule has 9 heteroatoms. The molecule has 162 valence electrons. The van der Waals surface area contributed by atoms with Crippen LogP contribution in [0.15, 0.2) is 56.6 Å². The van der Waals surface area contributed by atoms with E-state index in [2.05, 4.69) is 0 Å². The fourth-order valence-corrected chi connectivity index (χ4v) is 6.12. The number of amides is 1. The normalized spacial score (nSPS) is 19.3. The van der Waals surface area contributed by atoms with Gasteiger partial charge in [0.1, 0.15) is 6.54 Å². The Kier molecular flexibility index (Phi) is 4.75. The van der Waals surface area contributed by atoms with Gasteiger partial charge in [-0.25, -0.2) is 13.2 Å². The molecule has 0 bridgehead atoms. The molecule has 2 aliphatic rings. The van der Waals surface area contributed by atoms with Crippen LogP contribution in [-0.4, -0.2) is 42.3 Å². The van der Waals surface area contributed by atoms with Crippen molar-refractivity contribution in [2.24, 2.45) is 0 Å². The highest BCUT2D eigenvalue weighted by molar-refractivity contribution is 7.89. The fraction of sp³-hybridized carbons (Fsp3) is 0.364. The molecule has 0 aliphatic carbocycles. The number of hydrogen-bond acceptors (Lipinski definition) is 5. The maximum absolute atomic E-state index is 13.1. The first kappa shape index (κ1) is 20.0. The zero-order chi connectivity index (χ0) is 21.8. The predicted molar refractivity (Wildman–Crippen MR) is 116 cm³/mol. The van der Waals surface area contributed by atoms with E-state index in [0.29, 0.717) is 18.6 Å². The highest BCUT2D eigenvalue weighted by atomic mass is 32.2. The smallest absolute Gasteiger partial charge is 0.408 e. The van der Waals surface area contributed by atoms with E-state index < -0.39 is 15.8 Å². The highest BCUT2D eigenvalue weighted by Gasteiger charge is 2.32. The first-order valence-electron chi connectivity index (χ1n) is 10.4. The van der Waals surface area contributed by atoms with Gasteiger partial charge in [0.15, 0.2) is 5.58 Å². The summed E-state index contributed by atoms with van der Waals surface area (Å²) >= 11 is 0. The third-order valence-corrected chi connectivity index (χ3v) is 8.01. The number of rotatable bonds is 4. The molecule has 1 aromatic heterocycles. The quantitative estimate of drug-likeness (QED) is 0.620. The average Bonchev–Trinajstić information content (AvgIpc) is 3.45. The van der Waals surface area contributed by atoms with Gasteiger partial charge in [-0.2, -0.15) is 4.31 Å².